The Morgan fingerprint density at radius 3 is 2.62 bits per heavy atom. The molecule has 4 nitrogen and oxygen atoms in total. The smallest absolute Gasteiger partial charge is 0.102 e. The van der Waals surface area contributed by atoms with E-state index in [1.165, 1.54) is 0 Å². The fourth-order valence-corrected chi connectivity index (χ4v) is 1.83. The van der Waals surface area contributed by atoms with Crippen molar-refractivity contribution >= 4 is 11.6 Å². The summed E-state index contributed by atoms with van der Waals surface area (Å²) >= 11 is 6.10. The Labute approximate surface area is 99.0 Å². The number of nitrogens with zero attached hydrogens (tertiary/aromatic N) is 3. The van der Waals surface area contributed by atoms with Crippen LogP contribution in [0.4, 0.5) is 0 Å². The first-order chi connectivity index (χ1) is 7.61. The third-order valence-electron chi connectivity index (χ3n) is 2.44. The average molecular weight is 237 g/mol. The van der Waals surface area contributed by atoms with Crippen molar-refractivity contribution in [1.29, 1.82) is 0 Å². The summed E-state index contributed by atoms with van der Waals surface area (Å²) in [6.07, 6.45) is 0. The molecule has 1 aromatic carbocycles. The highest BCUT2D eigenvalue weighted by atomic mass is 35.5. The van der Waals surface area contributed by atoms with Crippen LogP contribution in [-0.4, -0.2) is 15.0 Å². The van der Waals surface area contributed by atoms with Gasteiger partial charge in [-0.1, -0.05) is 28.9 Å². The Bertz CT molecular complexity index is 504. The first-order valence-corrected chi connectivity index (χ1v) is 5.41. The standard InChI is InChI=1S/C11H13ClN4/c1-7(13)11-8(2)16(15-14-11)10-6-4-3-5-9(10)12/h3-7H,13H2,1-2H3. The van der Waals surface area contributed by atoms with Crippen LogP contribution in [0.2, 0.25) is 5.02 Å². The van der Waals surface area contributed by atoms with E-state index >= 15 is 0 Å². The Morgan fingerprint density at radius 1 is 1.38 bits per heavy atom. The van der Waals surface area contributed by atoms with Crippen LogP contribution in [0.3, 0.4) is 0 Å². The van der Waals surface area contributed by atoms with Gasteiger partial charge in [-0.25, -0.2) is 4.68 Å². The van der Waals surface area contributed by atoms with Gasteiger partial charge in [0.1, 0.15) is 5.69 Å². The minimum Gasteiger partial charge on any atom is -0.323 e. The lowest BCUT2D eigenvalue weighted by molar-refractivity contribution is 0.756. The van der Waals surface area contributed by atoms with Crippen LogP contribution >= 0.6 is 11.6 Å². The van der Waals surface area contributed by atoms with E-state index in [4.69, 9.17) is 17.3 Å². The van der Waals surface area contributed by atoms with Gasteiger partial charge in [0.05, 0.1) is 16.4 Å². The summed E-state index contributed by atoms with van der Waals surface area (Å²) in [5, 5.41) is 8.78. The molecule has 16 heavy (non-hydrogen) atoms. The van der Waals surface area contributed by atoms with Crippen molar-refractivity contribution in [3.63, 3.8) is 0 Å². The van der Waals surface area contributed by atoms with Crippen LogP contribution in [0.5, 0.6) is 0 Å². The van der Waals surface area contributed by atoms with Crippen LogP contribution in [-0.2, 0) is 0 Å². The molecular formula is C11H13ClN4. The SMILES string of the molecule is Cc1c(C(C)N)nnn1-c1ccccc1Cl. The Morgan fingerprint density at radius 2 is 2.06 bits per heavy atom. The van der Waals surface area contributed by atoms with Gasteiger partial charge in [0.25, 0.3) is 0 Å². The number of hydrogen-bond donors (Lipinski definition) is 1. The van der Waals surface area contributed by atoms with E-state index in [1.807, 2.05) is 38.1 Å². The molecule has 2 rings (SSSR count). The maximum absolute atomic E-state index is 6.10. The number of aromatic nitrogens is 3. The number of rotatable bonds is 2. The monoisotopic (exact) mass is 236 g/mol. The quantitative estimate of drug-likeness (QED) is 0.870. The summed E-state index contributed by atoms with van der Waals surface area (Å²) in [5.41, 5.74) is 8.33. The molecule has 0 saturated heterocycles. The van der Waals surface area contributed by atoms with E-state index in [1.54, 1.807) is 4.68 Å². The zero-order chi connectivity index (χ0) is 11.7. The van der Waals surface area contributed by atoms with Crippen molar-refractivity contribution in [2.24, 2.45) is 5.73 Å². The third-order valence-corrected chi connectivity index (χ3v) is 2.76. The van der Waals surface area contributed by atoms with Crippen molar-refractivity contribution in [2.75, 3.05) is 0 Å². The van der Waals surface area contributed by atoms with Crippen LogP contribution in [0.25, 0.3) is 5.69 Å². The Kier molecular flexibility index (Phi) is 2.94. The van der Waals surface area contributed by atoms with Gasteiger partial charge in [0, 0.05) is 6.04 Å². The van der Waals surface area contributed by atoms with Gasteiger partial charge < -0.3 is 5.73 Å². The fourth-order valence-electron chi connectivity index (χ4n) is 1.61. The first kappa shape index (κ1) is 11.1. The Hall–Kier alpha value is -1.39. The molecule has 84 valence electrons. The number of hydrogen-bond acceptors (Lipinski definition) is 3. The van der Waals surface area contributed by atoms with Crippen molar-refractivity contribution in [2.45, 2.75) is 19.9 Å². The molecule has 0 fully saturated rings. The molecule has 1 unspecified atom stereocenters. The molecule has 1 heterocycles. The molecule has 0 aliphatic rings. The lowest BCUT2D eigenvalue weighted by atomic mass is 10.2. The predicted octanol–water partition coefficient (Wildman–Crippen LogP) is 2.25. The summed E-state index contributed by atoms with van der Waals surface area (Å²) in [6.45, 7) is 3.82. The second-order valence-electron chi connectivity index (χ2n) is 3.71. The van der Waals surface area contributed by atoms with E-state index in [9.17, 15) is 0 Å². The topological polar surface area (TPSA) is 56.7 Å². The molecule has 2 aromatic rings. The summed E-state index contributed by atoms with van der Waals surface area (Å²) in [7, 11) is 0. The largest absolute Gasteiger partial charge is 0.323 e. The zero-order valence-electron chi connectivity index (χ0n) is 9.18. The van der Waals surface area contributed by atoms with E-state index in [-0.39, 0.29) is 6.04 Å². The van der Waals surface area contributed by atoms with Gasteiger partial charge >= 0.3 is 0 Å². The van der Waals surface area contributed by atoms with E-state index < -0.39 is 0 Å². The number of para-hydroxylation sites is 1. The van der Waals surface area contributed by atoms with Crippen molar-refractivity contribution in [3.05, 3.63) is 40.7 Å². The minimum atomic E-state index is -0.128. The van der Waals surface area contributed by atoms with Crippen molar-refractivity contribution < 1.29 is 0 Å². The van der Waals surface area contributed by atoms with Gasteiger partial charge in [0.15, 0.2) is 0 Å². The highest BCUT2D eigenvalue weighted by Crippen LogP contribution is 2.22. The first-order valence-electron chi connectivity index (χ1n) is 5.04. The fraction of sp³-hybridized carbons (Fsp3) is 0.273. The van der Waals surface area contributed by atoms with Gasteiger partial charge in [0.2, 0.25) is 0 Å². The van der Waals surface area contributed by atoms with Gasteiger partial charge in [-0.3, -0.25) is 0 Å². The van der Waals surface area contributed by atoms with Crippen LogP contribution in [0, 0.1) is 6.92 Å². The predicted molar refractivity (Wildman–Crippen MR) is 63.7 cm³/mol. The van der Waals surface area contributed by atoms with Gasteiger partial charge in [-0.15, -0.1) is 5.10 Å². The summed E-state index contributed by atoms with van der Waals surface area (Å²) < 4.78 is 1.71. The highest BCUT2D eigenvalue weighted by Gasteiger charge is 2.14. The van der Waals surface area contributed by atoms with Crippen molar-refractivity contribution in [1.82, 2.24) is 15.0 Å². The summed E-state index contributed by atoms with van der Waals surface area (Å²) in [4.78, 5) is 0. The highest BCUT2D eigenvalue weighted by molar-refractivity contribution is 6.32. The third kappa shape index (κ3) is 1.81. The van der Waals surface area contributed by atoms with E-state index in [2.05, 4.69) is 10.3 Å². The second kappa shape index (κ2) is 4.23. The van der Waals surface area contributed by atoms with Crippen LogP contribution < -0.4 is 5.73 Å². The van der Waals surface area contributed by atoms with Crippen molar-refractivity contribution in [3.8, 4) is 5.69 Å². The average Bonchev–Trinajstić information content (AvgIpc) is 2.61. The Balaban J connectivity index is 2.54. The second-order valence-corrected chi connectivity index (χ2v) is 4.12. The number of halogens is 1. The maximum Gasteiger partial charge on any atom is 0.102 e. The van der Waals surface area contributed by atoms with Crippen LogP contribution in [0.15, 0.2) is 24.3 Å². The molecule has 0 radical (unpaired) electrons. The number of nitrogens with two attached hydrogens (primary N) is 1. The molecule has 2 N–H and O–H groups in total. The van der Waals surface area contributed by atoms with Gasteiger partial charge in [-0.2, -0.15) is 0 Å². The number of benzene rings is 1. The maximum atomic E-state index is 6.10. The molecule has 0 bridgehead atoms. The molecule has 1 aromatic heterocycles. The zero-order valence-corrected chi connectivity index (χ0v) is 9.94. The molecule has 5 heteroatoms. The molecule has 0 amide bonds. The lowest BCUT2D eigenvalue weighted by Gasteiger charge is -2.06. The molecule has 0 aliphatic heterocycles. The lowest BCUT2D eigenvalue weighted by Crippen LogP contribution is -2.08. The normalized spacial score (nSPS) is 12.8. The molecule has 0 aliphatic carbocycles. The van der Waals surface area contributed by atoms with Gasteiger partial charge in [-0.05, 0) is 26.0 Å². The van der Waals surface area contributed by atoms with E-state index in [0.717, 1.165) is 17.1 Å². The summed E-state index contributed by atoms with van der Waals surface area (Å²) in [6, 6.07) is 7.38. The molecule has 0 saturated carbocycles. The van der Waals surface area contributed by atoms with E-state index in [0.29, 0.717) is 5.02 Å². The molecular weight excluding hydrogens is 224 g/mol. The minimum absolute atomic E-state index is 0.128. The molecule has 0 spiro atoms. The molecule has 1 atom stereocenters. The van der Waals surface area contributed by atoms with Crippen LogP contribution in [0.1, 0.15) is 24.4 Å². The summed E-state index contributed by atoms with van der Waals surface area (Å²) in [5.74, 6) is 0.